The minimum atomic E-state index is -0.830. The van der Waals surface area contributed by atoms with E-state index in [-0.39, 0.29) is 11.9 Å². The highest BCUT2D eigenvalue weighted by atomic mass is 32.2. The Labute approximate surface area is 223 Å². The monoisotopic (exact) mass is 534 g/mol. The Hall–Kier alpha value is -2.43. The van der Waals surface area contributed by atoms with Gasteiger partial charge in [0.2, 0.25) is 5.88 Å². The van der Waals surface area contributed by atoms with E-state index in [9.17, 15) is 9.59 Å². The number of pyridine rings is 1. The number of hydrogen-bond donors (Lipinski definition) is 4. The van der Waals surface area contributed by atoms with E-state index in [0.29, 0.717) is 42.5 Å². The van der Waals surface area contributed by atoms with Crippen LogP contribution in [0.3, 0.4) is 0 Å². The van der Waals surface area contributed by atoms with Gasteiger partial charge in [-0.05, 0) is 43.4 Å². The fourth-order valence-corrected chi connectivity index (χ4v) is 4.00. The normalized spacial score (nSPS) is 13.4. The van der Waals surface area contributed by atoms with Crippen LogP contribution in [0.15, 0.2) is 42.5 Å². The van der Waals surface area contributed by atoms with Crippen molar-refractivity contribution in [3.8, 4) is 17.1 Å². The molecule has 0 saturated heterocycles. The molecule has 1 aromatic carbocycles. The Morgan fingerprint density at radius 2 is 1.92 bits per heavy atom. The fraction of sp³-hybridized carbons (Fsp3) is 0.500. The molecule has 0 spiro atoms. The number of esters is 1. The lowest BCUT2D eigenvalue weighted by Gasteiger charge is -2.23. The summed E-state index contributed by atoms with van der Waals surface area (Å²) in [6.45, 7) is 2.52. The van der Waals surface area contributed by atoms with Gasteiger partial charge in [-0.15, -0.1) is 0 Å². The summed E-state index contributed by atoms with van der Waals surface area (Å²) in [5.74, 6) is 0.688. The Morgan fingerprint density at radius 3 is 2.56 bits per heavy atom. The van der Waals surface area contributed by atoms with Crippen molar-refractivity contribution in [3.05, 3.63) is 42.5 Å². The van der Waals surface area contributed by atoms with Gasteiger partial charge in [-0.1, -0.05) is 43.7 Å². The molecular formula is C26H38N4O4S2. The van der Waals surface area contributed by atoms with Crippen molar-refractivity contribution < 1.29 is 19.1 Å². The number of thioether (sulfide) groups is 1. The van der Waals surface area contributed by atoms with Crippen LogP contribution in [-0.4, -0.2) is 66.5 Å². The Kier molecular flexibility index (Phi) is 13.5. The number of methoxy groups -OCH3 is 1. The number of hydrogen-bond acceptors (Lipinski definition) is 9. The summed E-state index contributed by atoms with van der Waals surface area (Å²) in [7, 11) is 1.32. The molecule has 1 heterocycles. The first-order valence-corrected chi connectivity index (χ1v) is 14.2. The standard InChI is InChI=1S/C26H38N4O4S2/c1-4-5-11-23(24(31)29-22(14-15-36-3)26(32)33-2)34-25-21(28-16-19(27)17-35)13-12-20(30-25)18-9-7-6-8-10-18/h6-10,12-13,19,22-23,28,35H,4-5,11,14-17,27H2,1-3H3,(H,29,31)/t19?,22-,23+/m0/s1. The molecule has 0 aliphatic rings. The summed E-state index contributed by atoms with van der Waals surface area (Å²) in [6.07, 6.45) is 3.73. The van der Waals surface area contributed by atoms with Crippen LogP contribution in [0, 0.1) is 0 Å². The van der Waals surface area contributed by atoms with E-state index in [2.05, 4.69) is 23.3 Å². The van der Waals surface area contributed by atoms with Crippen LogP contribution in [0.25, 0.3) is 11.3 Å². The van der Waals surface area contributed by atoms with Crippen LogP contribution < -0.4 is 21.1 Å². The number of amides is 1. The van der Waals surface area contributed by atoms with Crippen LogP contribution in [-0.2, 0) is 14.3 Å². The van der Waals surface area contributed by atoms with Gasteiger partial charge >= 0.3 is 5.97 Å². The van der Waals surface area contributed by atoms with E-state index in [1.807, 2.05) is 55.6 Å². The lowest BCUT2D eigenvalue weighted by molar-refractivity contribution is -0.146. The fourth-order valence-electron chi connectivity index (χ4n) is 3.40. The average Bonchev–Trinajstić information content (AvgIpc) is 2.91. The van der Waals surface area contributed by atoms with Crippen molar-refractivity contribution in [2.75, 3.05) is 36.7 Å². The third kappa shape index (κ3) is 9.55. The van der Waals surface area contributed by atoms with Crippen molar-refractivity contribution in [1.82, 2.24) is 10.3 Å². The van der Waals surface area contributed by atoms with Crippen molar-refractivity contribution in [2.24, 2.45) is 5.73 Å². The van der Waals surface area contributed by atoms with Gasteiger partial charge in [-0.25, -0.2) is 9.78 Å². The molecule has 2 aromatic rings. The van der Waals surface area contributed by atoms with Gasteiger partial charge in [0.25, 0.3) is 5.91 Å². The molecule has 3 atom stereocenters. The van der Waals surface area contributed by atoms with Gasteiger partial charge in [0.1, 0.15) is 6.04 Å². The predicted molar refractivity (Wildman–Crippen MR) is 151 cm³/mol. The van der Waals surface area contributed by atoms with Crippen LogP contribution in [0.1, 0.15) is 32.6 Å². The van der Waals surface area contributed by atoms with Crippen LogP contribution in [0.5, 0.6) is 5.88 Å². The van der Waals surface area contributed by atoms with E-state index in [1.165, 1.54) is 7.11 Å². The number of nitrogens with two attached hydrogens (primary N) is 1. The SMILES string of the molecule is CCCC[C@@H](Oc1nc(-c2ccccc2)ccc1NCC(N)CS)C(=O)N[C@@H](CCSC)C(=O)OC. The largest absolute Gasteiger partial charge is 0.467 e. The second-order valence-electron chi connectivity index (χ2n) is 8.35. The third-order valence-electron chi connectivity index (χ3n) is 5.50. The maximum absolute atomic E-state index is 13.3. The first kappa shape index (κ1) is 29.8. The summed E-state index contributed by atoms with van der Waals surface area (Å²) in [4.78, 5) is 30.3. The minimum absolute atomic E-state index is 0.161. The van der Waals surface area contributed by atoms with E-state index in [1.54, 1.807) is 11.8 Å². The molecule has 1 unspecified atom stereocenters. The van der Waals surface area contributed by atoms with E-state index < -0.39 is 18.1 Å². The zero-order chi connectivity index (χ0) is 26.3. The summed E-state index contributed by atoms with van der Waals surface area (Å²) in [5.41, 5.74) is 8.31. The molecule has 4 N–H and O–H groups in total. The molecule has 0 aliphatic heterocycles. The number of carbonyl (C=O) groups excluding carboxylic acids is 2. The number of unbranched alkanes of at least 4 members (excludes halogenated alkanes) is 1. The quantitative estimate of drug-likeness (QED) is 0.190. The number of thiol groups is 1. The van der Waals surface area contributed by atoms with Crippen molar-refractivity contribution in [3.63, 3.8) is 0 Å². The molecule has 0 bridgehead atoms. The molecule has 0 radical (unpaired) electrons. The van der Waals surface area contributed by atoms with E-state index in [4.69, 9.17) is 20.2 Å². The number of nitrogens with one attached hydrogen (secondary N) is 2. The Bertz CT molecular complexity index is 949. The molecule has 2 rings (SSSR count). The number of ether oxygens (including phenoxy) is 2. The van der Waals surface area contributed by atoms with Gasteiger partial charge in [0, 0.05) is 23.9 Å². The lowest BCUT2D eigenvalue weighted by atomic mass is 10.1. The van der Waals surface area contributed by atoms with Crippen molar-refractivity contribution >= 4 is 42.0 Å². The van der Waals surface area contributed by atoms with E-state index >= 15 is 0 Å². The second kappa shape index (κ2) is 16.3. The van der Waals surface area contributed by atoms with E-state index in [0.717, 1.165) is 24.1 Å². The molecule has 198 valence electrons. The topological polar surface area (TPSA) is 116 Å². The smallest absolute Gasteiger partial charge is 0.328 e. The molecule has 10 heteroatoms. The molecule has 0 saturated carbocycles. The van der Waals surface area contributed by atoms with Crippen molar-refractivity contribution in [1.29, 1.82) is 0 Å². The van der Waals surface area contributed by atoms with Gasteiger partial charge in [0.15, 0.2) is 6.10 Å². The Morgan fingerprint density at radius 1 is 1.17 bits per heavy atom. The summed E-state index contributed by atoms with van der Waals surface area (Å²) < 4.78 is 11.1. The molecule has 1 aromatic heterocycles. The van der Waals surface area contributed by atoms with Gasteiger partial charge in [0.05, 0.1) is 18.5 Å². The maximum Gasteiger partial charge on any atom is 0.328 e. The molecule has 0 fully saturated rings. The number of rotatable bonds is 16. The first-order chi connectivity index (χ1) is 17.4. The third-order valence-corrected chi connectivity index (χ3v) is 6.61. The number of nitrogens with zero attached hydrogens (tertiary/aromatic N) is 1. The second-order valence-corrected chi connectivity index (χ2v) is 9.70. The number of aromatic nitrogens is 1. The van der Waals surface area contributed by atoms with Gasteiger partial charge in [-0.2, -0.15) is 24.4 Å². The summed E-state index contributed by atoms with van der Waals surface area (Å²) >= 11 is 5.85. The molecule has 0 aliphatic carbocycles. The van der Waals surface area contributed by atoms with Crippen molar-refractivity contribution in [2.45, 2.75) is 50.8 Å². The summed E-state index contributed by atoms with van der Waals surface area (Å²) in [5, 5.41) is 6.10. The lowest BCUT2D eigenvalue weighted by Crippen LogP contribution is -2.48. The average molecular weight is 535 g/mol. The van der Waals surface area contributed by atoms with Crippen LogP contribution >= 0.6 is 24.4 Å². The highest BCUT2D eigenvalue weighted by molar-refractivity contribution is 7.98. The predicted octanol–water partition coefficient (Wildman–Crippen LogP) is 3.77. The number of anilines is 1. The number of carbonyl (C=O) groups is 2. The van der Waals surface area contributed by atoms with Crippen LogP contribution in [0.2, 0.25) is 0 Å². The maximum atomic E-state index is 13.3. The molecule has 1 amide bonds. The first-order valence-electron chi connectivity index (χ1n) is 12.1. The minimum Gasteiger partial charge on any atom is -0.467 e. The molecule has 8 nitrogen and oxygen atoms in total. The highest BCUT2D eigenvalue weighted by Crippen LogP contribution is 2.29. The highest BCUT2D eigenvalue weighted by Gasteiger charge is 2.28. The molecule has 36 heavy (non-hydrogen) atoms. The molecular weight excluding hydrogens is 496 g/mol. The number of benzene rings is 1. The zero-order valence-electron chi connectivity index (χ0n) is 21.2. The Balaban J connectivity index is 2.34. The van der Waals surface area contributed by atoms with Gasteiger partial charge in [-0.3, -0.25) is 4.79 Å². The zero-order valence-corrected chi connectivity index (χ0v) is 22.9. The van der Waals surface area contributed by atoms with Crippen LogP contribution in [0.4, 0.5) is 5.69 Å². The summed E-state index contributed by atoms with van der Waals surface area (Å²) in [6, 6.07) is 12.6. The van der Waals surface area contributed by atoms with Gasteiger partial charge < -0.3 is 25.8 Å².